The number of carbonyl (C=O) groups excluding carboxylic acids is 2. The van der Waals surface area contributed by atoms with Gasteiger partial charge in [0.15, 0.2) is 0 Å². The highest BCUT2D eigenvalue weighted by Gasteiger charge is 2.26. The normalized spacial score (nSPS) is 16.0. The third kappa shape index (κ3) is 4.56. The molecule has 1 heterocycles. The molecule has 7 heteroatoms. The lowest BCUT2D eigenvalue weighted by Gasteiger charge is -2.24. The number of alkyl halides is 2. The first-order valence-electron chi connectivity index (χ1n) is 8.25. The molecule has 26 heavy (non-hydrogen) atoms. The number of para-hydroxylation sites is 1. The van der Waals surface area contributed by atoms with Crippen LogP contribution >= 0.6 is 0 Å². The van der Waals surface area contributed by atoms with E-state index >= 15 is 0 Å². The van der Waals surface area contributed by atoms with Crippen molar-refractivity contribution < 1.29 is 23.1 Å². The summed E-state index contributed by atoms with van der Waals surface area (Å²) < 4.78 is 28.5. The number of amides is 2. The van der Waals surface area contributed by atoms with E-state index in [1.165, 1.54) is 24.3 Å². The Bertz CT molecular complexity index is 794. The van der Waals surface area contributed by atoms with Crippen LogP contribution in [0, 0.1) is 5.92 Å². The summed E-state index contributed by atoms with van der Waals surface area (Å²) >= 11 is 0. The van der Waals surface area contributed by atoms with Crippen molar-refractivity contribution >= 4 is 23.2 Å². The molecule has 5 nitrogen and oxygen atoms in total. The topological polar surface area (TPSA) is 67.4 Å². The Balaban J connectivity index is 1.50. The molecule has 2 aromatic rings. The number of ether oxygens (including phenoxy) is 1. The molecule has 0 aliphatic carbocycles. The van der Waals surface area contributed by atoms with Gasteiger partial charge in [-0.05, 0) is 48.7 Å². The number of hydrogen-bond acceptors (Lipinski definition) is 3. The average molecular weight is 360 g/mol. The van der Waals surface area contributed by atoms with Gasteiger partial charge in [0.25, 0.3) is 0 Å². The number of benzene rings is 2. The van der Waals surface area contributed by atoms with Gasteiger partial charge in [0.2, 0.25) is 11.8 Å². The minimum Gasteiger partial charge on any atom is -0.435 e. The molecule has 0 saturated carbocycles. The Morgan fingerprint density at radius 1 is 1.19 bits per heavy atom. The van der Waals surface area contributed by atoms with Crippen LogP contribution in [0.3, 0.4) is 0 Å². The van der Waals surface area contributed by atoms with E-state index < -0.39 is 6.61 Å². The second-order valence-electron chi connectivity index (χ2n) is 6.04. The molecule has 0 bridgehead atoms. The summed E-state index contributed by atoms with van der Waals surface area (Å²) in [5.41, 5.74) is 2.37. The third-order valence-corrected chi connectivity index (χ3v) is 4.20. The minimum atomic E-state index is -2.89. The maximum absolute atomic E-state index is 12.1. The Morgan fingerprint density at radius 2 is 1.92 bits per heavy atom. The second kappa shape index (κ2) is 7.95. The van der Waals surface area contributed by atoms with Crippen molar-refractivity contribution in [1.29, 1.82) is 0 Å². The third-order valence-electron chi connectivity index (χ3n) is 4.20. The van der Waals surface area contributed by atoms with E-state index in [1.807, 2.05) is 24.3 Å². The van der Waals surface area contributed by atoms with Crippen LogP contribution in [0.2, 0.25) is 0 Å². The van der Waals surface area contributed by atoms with Crippen LogP contribution in [0.5, 0.6) is 5.75 Å². The first-order valence-corrected chi connectivity index (χ1v) is 8.25. The molecule has 0 unspecified atom stereocenters. The van der Waals surface area contributed by atoms with Gasteiger partial charge in [-0.2, -0.15) is 8.78 Å². The molecule has 3 rings (SSSR count). The summed E-state index contributed by atoms with van der Waals surface area (Å²) in [7, 11) is 0. The molecule has 0 radical (unpaired) electrons. The van der Waals surface area contributed by atoms with Gasteiger partial charge in [-0.15, -0.1) is 0 Å². The zero-order chi connectivity index (χ0) is 18.5. The van der Waals surface area contributed by atoms with Crippen molar-refractivity contribution in [3.63, 3.8) is 0 Å². The molecule has 1 aliphatic heterocycles. The standard InChI is InChI=1S/C19H18F2N2O3/c20-19(21)26-15-8-6-14(7-9-15)22-17(24)10-5-13-11-12-3-1-2-4-16(12)23-18(13)25/h1-4,6-9,13,19H,5,10-11H2,(H,22,24)(H,23,25)/t13-/m0/s1. The molecular weight excluding hydrogens is 342 g/mol. The van der Waals surface area contributed by atoms with Crippen molar-refractivity contribution in [1.82, 2.24) is 0 Å². The molecule has 0 saturated heterocycles. The molecule has 2 amide bonds. The summed E-state index contributed by atoms with van der Waals surface area (Å²) in [4.78, 5) is 24.2. The lowest BCUT2D eigenvalue weighted by atomic mass is 9.89. The Morgan fingerprint density at radius 3 is 2.65 bits per heavy atom. The highest BCUT2D eigenvalue weighted by Crippen LogP contribution is 2.27. The van der Waals surface area contributed by atoms with E-state index in [0.29, 0.717) is 18.5 Å². The number of hydrogen-bond donors (Lipinski definition) is 2. The molecule has 0 aromatic heterocycles. The molecule has 1 aliphatic rings. The molecular formula is C19H18F2N2O3. The largest absolute Gasteiger partial charge is 0.435 e. The fourth-order valence-electron chi connectivity index (χ4n) is 2.89. The van der Waals surface area contributed by atoms with E-state index in [-0.39, 0.29) is 29.9 Å². The Kier molecular flexibility index (Phi) is 5.46. The van der Waals surface area contributed by atoms with Crippen molar-refractivity contribution in [2.24, 2.45) is 5.92 Å². The fourth-order valence-corrected chi connectivity index (χ4v) is 2.89. The van der Waals surface area contributed by atoms with E-state index in [2.05, 4.69) is 15.4 Å². The smallest absolute Gasteiger partial charge is 0.387 e. The minimum absolute atomic E-state index is 0.0236. The average Bonchev–Trinajstić information content (AvgIpc) is 2.61. The van der Waals surface area contributed by atoms with Crippen LogP contribution in [0.25, 0.3) is 0 Å². The van der Waals surface area contributed by atoms with Crippen molar-refractivity contribution in [2.75, 3.05) is 10.6 Å². The van der Waals surface area contributed by atoms with E-state index in [4.69, 9.17) is 0 Å². The van der Waals surface area contributed by atoms with Gasteiger partial charge in [0.05, 0.1) is 0 Å². The van der Waals surface area contributed by atoms with Crippen LogP contribution in [0.1, 0.15) is 18.4 Å². The monoisotopic (exact) mass is 360 g/mol. The van der Waals surface area contributed by atoms with Crippen molar-refractivity contribution in [3.05, 3.63) is 54.1 Å². The summed E-state index contributed by atoms with van der Waals surface area (Å²) in [6, 6.07) is 13.3. The summed E-state index contributed by atoms with van der Waals surface area (Å²) in [6.45, 7) is -2.89. The van der Waals surface area contributed by atoms with E-state index in [9.17, 15) is 18.4 Å². The van der Waals surface area contributed by atoms with Crippen LogP contribution in [-0.4, -0.2) is 18.4 Å². The lowest BCUT2D eigenvalue weighted by molar-refractivity contribution is -0.121. The fraction of sp³-hybridized carbons (Fsp3) is 0.263. The lowest BCUT2D eigenvalue weighted by Crippen LogP contribution is -2.30. The maximum Gasteiger partial charge on any atom is 0.387 e. The quantitative estimate of drug-likeness (QED) is 0.823. The van der Waals surface area contributed by atoms with Gasteiger partial charge in [0.1, 0.15) is 5.75 Å². The molecule has 136 valence electrons. The highest BCUT2D eigenvalue weighted by molar-refractivity contribution is 5.96. The van der Waals surface area contributed by atoms with Crippen LogP contribution in [-0.2, 0) is 16.0 Å². The van der Waals surface area contributed by atoms with E-state index in [1.54, 1.807) is 0 Å². The van der Waals surface area contributed by atoms with Gasteiger partial charge in [-0.3, -0.25) is 9.59 Å². The van der Waals surface area contributed by atoms with Crippen molar-refractivity contribution in [3.8, 4) is 5.75 Å². The predicted octanol–water partition coefficient (Wildman–Crippen LogP) is 3.82. The summed E-state index contributed by atoms with van der Waals surface area (Å²) in [5.74, 6) is -0.544. The molecule has 2 aromatic carbocycles. The zero-order valence-corrected chi connectivity index (χ0v) is 13.9. The summed E-state index contributed by atoms with van der Waals surface area (Å²) in [5, 5.41) is 5.54. The van der Waals surface area contributed by atoms with Gasteiger partial charge in [-0.1, -0.05) is 18.2 Å². The number of nitrogens with one attached hydrogen (secondary N) is 2. The predicted molar refractivity (Wildman–Crippen MR) is 93.2 cm³/mol. The Hall–Kier alpha value is -2.96. The number of fused-ring (bicyclic) bond motifs is 1. The van der Waals surface area contributed by atoms with E-state index in [0.717, 1.165) is 11.3 Å². The second-order valence-corrected chi connectivity index (χ2v) is 6.04. The Labute approximate surface area is 149 Å². The van der Waals surface area contributed by atoms with Gasteiger partial charge < -0.3 is 15.4 Å². The summed E-state index contributed by atoms with van der Waals surface area (Å²) in [6.07, 6.45) is 1.23. The van der Waals surface area contributed by atoms with Gasteiger partial charge in [0, 0.05) is 23.7 Å². The molecule has 2 N–H and O–H groups in total. The maximum atomic E-state index is 12.1. The number of rotatable bonds is 6. The molecule has 0 spiro atoms. The first-order chi connectivity index (χ1) is 12.5. The number of carbonyl (C=O) groups is 2. The molecule has 1 atom stereocenters. The molecule has 0 fully saturated rings. The number of anilines is 2. The highest BCUT2D eigenvalue weighted by atomic mass is 19.3. The van der Waals surface area contributed by atoms with Gasteiger partial charge in [-0.25, -0.2) is 0 Å². The van der Waals surface area contributed by atoms with Crippen LogP contribution in [0.15, 0.2) is 48.5 Å². The van der Waals surface area contributed by atoms with Gasteiger partial charge >= 0.3 is 6.61 Å². The first kappa shape index (κ1) is 17.8. The SMILES string of the molecule is O=C(CC[C@H]1Cc2ccccc2NC1=O)Nc1ccc(OC(F)F)cc1. The number of halogens is 2. The van der Waals surface area contributed by atoms with Crippen molar-refractivity contribution in [2.45, 2.75) is 25.9 Å². The van der Waals surface area contributed by atoms with Crippen LogP contribution < -0.4 is 15.4 Å². The zero-order valence-electron chi connectivity index (χ0n) is 13.9. The van der Waals surface area contributed by atoms with Crippen LogP contribution in [0.4, 0.5) is 20.2 Å².